The van der Waals surface area contributed by atoms with E-state index in [9.17, 15) is 0 Å². The van der Waals surface area contributed by atoms with Crippen molar-refractivity contribution in [1.82, 2.24) is 5.32 Å². The first-order valence-corrected chi connectivity index (χ1v) is 6.29. The zero-order chi connectivity index (χ0) is 11.0. The molecular formula is C14H20ClNO. The molecule has 1 aromatic carbocycles. The molecule has 17 heavy (non-hydrogen) atoms. The minimum atomic E-state index is 0. The Balaban J connectivity index is 0.00000108. The predicted octanol–water partition coefficient (Wildman–Crippen LogP) is 2.90. The topological polar surface area (TPSA) is 21.3 Å². The quantitative estimate of drug-likeness (QED) is 0.831. The minimum Gasteiger partial charge on any atom is -0.496 e. The third kappa shape index (κ3) is 2.16. The number of nitrogens with one attached hydrogen (secondary N) is 1. The molecule has 0 aromatic heterocycles. The van der Waals surface area contributed by atoms with E-state index in [1.807, 2.05) is 0 Å². The van der Waals surface area contributed by atoms with E-state index in [0.29, 0.717) is 12.0 Å². The Hall–Kier alpha value is -0.730. The van der Waals surface area contributed by atoms with Crippen molar-refractivity contribution in [3.63, 3.8) is 0 Å². The molecule has 1 aromatic rings. The van der Waals surface area contributed by atoms with Crippen molar-refractivity contribution in [2.75, 3.05) is 13.7 Å². The molecule has 94 valence electrons. The normalized spacial score (nSPS) is 26.4. The van der Waals surface area contributed by atoms with E-state index >= 15 is 0 Å². The van der Waals surface area contributed by atoms with Gasteiger partial charge in [0, 0.05) is 6.04 Å². The fraction of sp³-hybridized carbons (Fsp3) is 0.571. The van der Waals surface area contributed by atoms with Crippen LogP contribution in [0.5, 0.6) is 5.75 Å². The van der Waals surface area contributed by atoms with Crippen molar-refractivity contribution in [3.05, 3.63) is 29.3 Å². The van der Waals surface area contributed by atoms with Gasteiger partial charge in [-0.05, 0) is 55.3 Å². The lowest BCUT2D eigenvalue weighted by Gasteiger charge is -2.38. The molecule has 0 amide bonds. The van der Waals surface area contributed by atoms with Crippen molar-refractivity contribution in [1.29, 1.82) is 0 Å². The van der Waals surface area contributed by atoms with Crippen molar-refractivity contribution in [3.8, 4) is 5.75 Å². The third-order valence-electron chi connectivity index (χ3n) is 4.08. The largest absolute Gasteiger partial charge is 0.496 e. The van der Waals surface area contributed by atoms with E-state index in [4.69, 9.17) is 4.74 Å². The zero-order valence-corrected chi connectivity index (χ0v) is 11.1. The van der Waals surface area contributed by atoms with Crippen molar-refractivity contribution >= 4 is 12.4 Å². The molecule has 0 radical (unpaired) electrons. The predicted molar refractivity (Wildman–Crippen MR) is 72.3 cm³/mol. The van der Waals surface area contributed by atoms with Crippen LogP contribution in [0.3, 0.4) is 0 Å². The van der Waals surface area contributed by atoms with Gasteiger partial charge in [0.2, 0.25) is 0 Å². The van der Waals surface area contributed by atoms with Gasteiger partial charge in [0.1, 0.15) is 5.75 Å². The van der Waals surface area contributed by atoms with Gasteiger partial charge < -0.3 is 10.1 Å². The maximum Gasteiger partial charge on any atom is 0.122 e. The molecule has 1 heterocycles. The van der Waals surface area contributed by atoms with Crippen LogP contribution in [0.1, 0.15) is 36.3 Å². The van der Waals surface area contributed by atoms with Gasteiger partial charge in [-0.3, -0.25) is 0 Å². The Morgan fingerprint density at radius 1 is 1.29 bits per heavy atom. The fourth-order valence-corrected chi connectivity index (χ4v) is 3.32. The number of fused-ring (bicyclic) bond motifs is 3. The van der Waals surface area contributed by atoms with E-state index in [-0.39, 0.29) is 12.4 Å². The minimum absolute atomic E-state index is 0. The third-order valence-corrected chi connectivity index (χ3v) is 4.08. The SMILES string of the molecule is COc1cccc2c1CC[C@@H]1NCCC[C@@H]21.Cl. The average Bonchev–Trinajstić information content (AvgIpc) is 2.37. The number of halogens is 1. The molecule has 2 atom stereocenters. The molecule has 3 rings (SSSR count). The Kier molecular flexibility index (Phi) is 3.95. The van der Waals surface area contributed by atoms with Crippen LogP contribution in [-0.2, 0) is 6.42 Å². The summed E-state index contributed by atoms with van der Waals surface area (Å²) < 4.78 is 5.47. The second kappa shape index (κ2) is 5.28. The van der Waals surface area contributed by atoms with Crippen molar-refractivity contribution < 1.29 is 4.74 Å². The Morgan fingerprint density at radius 2 is 2.18 bits per heavy atom. The molecule has 0 bridgehead atoms. The first-order chi connectivity index (χ1) is 7.90. The second-order valence-corrected chi connectivity index (χ2v) is 4.88. The maximum atomic E-state index is 5.47. The highest BCUT2D eigenvalue weighted by Crippen LogP contribution is 2.40. The van der Waals surface area contributed by atoms with Crippen LogP contribution < -0.4 is 10.1 Å². The molecule has 1 fully saturated rings. The summed E-state index contributed by atoms with van der Waals surface area (Å²) >= 11 is 0. The molecule has 1 aliphatic carbocycles. The standard InChI is InChI=1S/C14H19NO.ClH/c1-16-14-6-2-4-10-11-5-3-9-15-13(11)8-7-12(10)14;/h2,4,6,11,13,15H,3,5,7-9H2,1H3;1H/t11-,13-;/m0./s1. The molecule has 0 unspecified atom stereocenters. The van der Waals surface area contributed by atoms with E-state index in [2.05, 4.69) is 23.5 Å². The van der Waals surface area contributed by atoms with Gasteiger partial charge in [-0.1, -0.05) is 12.1 Å². The van der Waals surface area contributed by atoms with Crippen molar-refractivity contribution in [2.24, 2.45) is 0 Å². The lowest BCUT2D eigenvalue weighted by Crippen LogP contribution is -2.42. The molecular weight excluding hydrogens is 234 g/mol. The Morgan fingerprint density at radius 3 is 3.00 bits per heavy atom. The molecule has 1 N–H and O–H groups in total. The molecule has 2 aliphatic rings. The van der Waals surface area contributed by atoms with Crippen LogP contribution in [0.4, 0.5) is 0 Å². The number of piperidine rings is 1. The molecule has 3 heteroatoms. The van der Waals surface area contributed by atoms with E-state index in [0.717, 1.165) is 12.2 Å². The molecule has 1 saturated heterocycles. The summed E-state index contributed by atoms with van der Waals surface area (Å²) in [5.41, 5.74) is 2.98. The smallest absolute Gasteiger partial charge is 0.122 e. The average molecular weight is 254 g/mol. The summed E-state index contributed by atoms with van der Waals surface area (Å²) in [6.07, 6.45) is 5.06. The summed E-state index contributed by atoms with van der Waals surface area (Å²) in [5.74, 6) is 1.80. The summed E-state index contributed by atoms with van der Waals surface area (Å²) in [6.45, 7) is 1.19. The van der Waals surface area contributed by atoms with Crippen LogP contribution in [0.15, 0.2) is 18.2 Å². The van der Waals surface area contributed by atoms with E-state index < -0.39 is 0 Å². The molecule has 0 spiro atoms. The summed E-state index contributed by atoms with van der Waals surface area (Å²) in [7, 11) is 1.78. The molecule has 2 nitrogen and oxygen atoms in total. The summed E-state index contributed by atoms with van der Waals surface area (Å²) in [6, 6.07) is 7.22. The monoisotopic (exact) mass is 253 g/mol. The van der Waals surface area contributed by atoms with Crippen LogP contribution in [0.25, 0.3) is 0 Å². The highest BCUT2D eigenvalue weighted by molar-refractivity contribution is 5.85. The van der Waals surface area contributed by atoms with Gasteiger partial charge in [-0.15, -0.1) is 12.4 Å². The lowest BCUT2D eigenvalue weighted by atomic mass is 9.75. The maximum absolute atomic E-state index is 5.47. The van der Waals surface area contributed by atoms with Crippen LogP contribution >= 0.6 is 12.4 Å². The highest BCUT2D eigenvalue weighted by atomic mass is 35.5. The number of hydrogen-bond donors (Lipinski definition) is 1. The Bertz CT molecular complexity index is 394. The number of benzene rings is 1. The first kappa shape index (κ1) is 12.7. The first-order valence-electron chi connectivity index (χ1n) is 6.29. The van der Waals surface area contributed by atoms with Gasteiger partial charge in [0.05, 0.1) is 7.11 Å². The van der Waals surface area contributed by atoms with Crippen LogP contribution in [0, 0.1) is 0 Å². The molecule has 1 aliphatic heterocycles. The van der Waals surface area contributed by atoms with Gasteiger partial charge in [0.15, 0.2) is 0 Å². The van der Waals surface area contributed by atoms with Gasteiger partial charge in [0.25, 0.3) is 0 Å². The number of rotatable bonds is 1. The van der Waals surface area contributed by atoms with Gasteiger partial charge in [-0.2, -0.15) is 0 Å². The van der Waals surface area contributed by atoms with Gasteiger partial charge >= 0.3 is 0 Å². The van der Waals surface area contributed by atoms with Crippen LogP contribution in [-0.4, -0.2) is 19.7 Å². The van der Waals surface area contributed by atoms with Crippen molar-refractivity contribution in [2.45, 2.75) is 37.6 Å². The van der Waals surface area contributed by atoms with Gasteiger partial charge in [-0.25, -0.2) is 0 Å². The zero-order valence-electron chi connectivity index (χ0n) is 10.2. The Labute approximate surface area is 109 Å². The van der Waals surface area contributed by atoms with E-state index in [1.54, 1.807) is 7.11 Å². The number of methoxy groups -OCH3 is 1. The number of hydrogen-bond acceptors (Lipinski definition) is 2. The lowest BCUT2D eigenvalue weighted by molar-refractivity contribution is 0.313. The fourth-order valence-electron chi connectivity index (χ4n) is 3.32. The van der Waals surface area contributed by atoms with Crippen LogP contribution in [0.2, 0.25) is 0 Å². The highest BCUT2D eigenvalue weighted by Gasteiger charge is 2.32. The summed E-state index contributed by atoms with van der Waals surface area (Å²) in [4.78, 5) is 0. The summed E-state index contributed by atoms with van der Waals surface area (Å²) in [5, 5.41) is 3.66. The second-order valence-electron chi connectivity index (χ2n) is 4.88. The number of ether oxygens (including phenoxy) is 1. The van der Waals surface area contributed by atoms with E-state index in [1.165, 1.54) is 36.9 Å². The molecule has 0 saturated carbocycles.